The van der Waals surface area contributed by atoms with Crippen molar-refractivity contribution in [3.8, 4) is 0 Å². The molecule has 10 rings (SSSR count). The van der Waals surface area contributed by atoms with Gasteiger partial charge in [0.05, 0.1) is 110 Å². The van der Waals surface area contributed by atoms with Crippen molar-refractivity contribution in [1.29, 1.82) is 0 Å². The number of esters is 6. The molecule has 41 nitrogen and oxygen atoms in total. The van der Waals surface area contributed by atoms with Gasteiger partial charge in [-0.15, -0.1) is 23.2 Å². The maximum Gasteiger partial charge on any atom is 0.350 e. The zero-order valence-corrected chi connectivity index (χ0v) is 80.3. The maximum absolute atomic E-state index is 14.4. The average Bonchev–Trinajstić information content (AvgIpc) is 1.59. The summed E-state index contributed by atoms with van der Waals surface area (Å²) in [5.74, 6) is -1.53. The largest absolute Gasteiger partial charge is 0.464 e. The Labute approximate surface area is 762 Å². The summed E-state index contributed by atoms with van der Waals surface area (Å²) in [6, 6.07) is 0. The molecule has 0 saturated heterocycles. The predicted octanol–water partition coefficient (Wildman–Crippen LogP) is 13.5. The Bertz CT molecular complexity index is 4260. The molecule has 4 atom stereocenters. The average molecular weight is 1910 g/mol. The third kappa shape index (κ3) is 38.0. The maximum atomic E-state index is 14.4. The van der Waals surface area contributed by atoms with Crippen LogP contribution in [0.3, 0.4) is 0 Å². The molecule has 0 radical (unpaired) electrons. The van der Waals surface area contributed by atoms with Gasteiger partial charge in [-0.3, -0.25) is 42.5 Å². The van der Waals surface area contributed by atoms with Gasteiger partial charge in [0.2, 0.25) is 14.9 Å². The van der Waals surface area contributed by atoms with Crippen LogP contribution in [-0.4, -0.2) is 213 Å². The van der Waals surface area contributed by atoms with E-state index < -0.39 is 103 Å². The molecular weight excluding hydrogens is 1760 g/mol. The van der Waals surface area contributed by atoms with Gasteiger partial charge in [0.15, 0.2) is 34.4 Å². The molecule has 726 valence electrons. The SMILES string of the molecule is C.CCCCCOC(=O)C(C)(C)Cl.CCCCCOC(=O)C(C)(C)NP(=O)(CO[C@H](C)Cn1cnc2c(N)ncnc21)NC1(C(=O)OCCCCC)CC1.CCCCCOC(=O)C1(NP(=O)(CO[C@H](C)Cn2cnc3c(N)ncnc32)NC2(C(=O)OCCCCC)CC2)CC1.C[C@H](Cn1cnc2c(N)ncnc21)OCP(=O)(O)O.N.N.[CH2+]CCCCOC(=O)C1(Cl)CC1. The number of fused-ring (bicyclic) bond motifs is 3. The molecule has 0 spiro atoms. The molecule has 1 unspecified atom stereocenters. The van der Waals surface area contributed by atoms with E-state index in [0.29, 0.717) is 125 Å². The number of rotatable bonds is 53. The molecule has 6 aromatic rings. The molecule has 6 heterocycles. The number of nitrogens with one attached hydrogen (secondary N) is 4. The van der Waals surface area contributed by atoms with Crippen molar-refractivity contribution < 1.29 is 94.9 Å². The Morgan fingerprint density at radius 1 is 0.453 bits per heavy atom. The predicted molar refractivity (Wildman–Crippen MR) is 492 cm³/mol. The number of nitrogen functional groups attached to an aromatic ring is 3. The zero-order valence-electron chi connectivity index (χ0n) is 76.1. The Hall–Kier alpha value is -7.43. The van der Waals surface area contributed by atoms with Gasteiger partial charge in [-0.1, -0.05) is 106 Å². The summed E-state index contributed by atoms with van der Waals surface area (Å²) in [7, 11) is -11.5. The fourth-order valence-corrected chi connectivity index (χ4v) is 18.2. The second kappa shape index (κ2) is 54.5. The lowest BCUT2D eigenvalue weighted by atomic mass is 10.1. The van der Waals surface area contributed by atoms with Crippen LogP contribution in [0.15, 0.2) is 38.0 Å². The van der Waals surface area contributed by atoms with Crippen molar-refractivity contribution in [3.05, 3.63) is 44.9 Å². The first-order valence-corrected chi connectivity index (χ1v) is 49.7. The molecule has 46 heteroatoms. The molecule has 4 saturated carbocycles. The van der Waals surface area contributed by atoms with Crippen molar-refractivity contribution in [1.82, 2.24) is 91.2 Å². The quantitative estimate of drug-likeness (QED) is 0.00422. The lowest BCUT2D eigenvalue weighted by Crippen LogP contribution is -2.51. The Morgan fingerprint density at radius 2 is 0.742 bits per heavy atom. The minimum absolute atomic E-state index is 0. The van der Waals surface area contributed by atoms with Crippen molar-refractivity contribution in [2.45, 2.75) is 327 Å². The van der Waals surface area contributed by atoms with E-state index in [1.807, 2.05) is 13.8 Å². The number of anilines is 3. The molecule has 4 aliphatic carbocycles. The monoisotopic (exact) mass is 1910 g/mol. The number of hydrogen-bond acceptors (Lipinski definition) is 32. The number of nitrogens with zero attached hydrogens (tertiary/aromatic N) is 12. The number of carbonyl (C=O) groups is 6. The minimum Gasteiger partial charge on any atom is -0.464 e. The van der Waals surface area contributed by atoms with E-state index in [0.717, 1.165) is 128 Å². The van der Waals surface area contributed by atoms with Crippen LogP contribution < -0.4 is 49.9 Å². The summed E-state index contributed by atoms with van der Waals surface area (Å²) < 4.78 is 93.9. The smallest absolute Gasteiger partial charge is 0.350 e. The van der Waals surface area contributed by atoms with E-state index in [2.05, 4.69) is 107 Å². The summed E-state index contributed by atoms with van der Waals surface area (Å²) in [6.45, 7) is 29.2. The fraction of sp³-hybridized carbons (Fsp3) is 0.732. The first kappa shape index (κ1) is 115. The van der Waals surface area contributed by atoms with Gasteiger partial charge >= 0.3 is 43.4 Å². The van der Waals surface area contributed by atoms with Gasteiger partial charge in [0, 0.05) is 0 Å². The van der Waals surface area contributed by atoms with Crippen molar-refractivity contribution in [2.24, 2.45) is 0 Å². The number of imidazole rings is 3. The Morgan fingerprint density at radius 3 is 1.04 bits per heavy atom. The third-order valence-electron chi connectivity index (χ3n) is 20.2. The number of alkyl halides is 2. The standard InChI is InChI=1S/C27H44N7O6P.C27H46N7O6P.C9H14ClO2.C9H17ClO2.C9H14N5O4P.CH4.2H3N/c1-4-6-8-14-38-24(35)26(10-11-26)32-41(37,33-27(12-13-27)25(36)39-15-9-7-5-2)19-40-20(3)16-34-18-31-21-22(28)29-17-30-23(21)34;1-6-8-10-14-38-24(35)26(4,5)32-41(37,33-27(12-13-27)25(36)39-15-11-9-7-2)19-40-20(3)16-34-18-31-21-22(28)29-17-30-23(21)34;1-2-3-4-7-12-8(11)9(10)5-6-9;1-4-5-6-7-12-8(11)9(2,3)10;1-6(18-5-19(15,16)17)2-14-4-13-7-8(10)11-3-12-9(7)14;;;/h17-18,20H,4-16,19H2,1-3H3,(H2,28,29,30)(H2,32,33,37);17-18,20H,6-16,19H2,1-5H3,(H2,28,29,30)(H2,32,33,37);1-7H2;4-7H2,1-3H3;3-4,6H,2,5H2,1H3,(H2,10,11,12)(H2,15,16,17);1H4;2*1H3/q;;+1;;;;;/t20-;20-,41?;;;6-;;;/m11..1.../s1. The lowest BCUT2D eigenvalue weighted by Gasteiger charge is -2.33. The normalized spacial score (nSPS) is 15.9. The van der Waals surface area contributed by atoms with Gasteiger partial charge in [0.25, 0.3) is 0 Å². The summed E-state index contributed by atoms with van der Waals surface area (Å²) in [5, 5.41) is 12.2. The number of aromatic nitrogens is 12. The van der Waals surface area contributed by atoms with E-state index in [-0.39, 0.29) is 68.4 Å². The molecule has 4 fully saturated rings. The Kier molecular flexibility index (Phi) is 48.9. The number of carbonyl (C=O) groups excluding carboxylic acids is 6. The van der Waals surface area contributed by atoms with E-state index >= 15 is 0 Å². The molecule has 0 aliphatic heterocycles. The number of unbranched alkanes of at least 4 members (excludes halogenated alkanes) is 12. The van der Waals surface area contributed by atoms with Crippen LogP contribution in [0, 0.1) is 6.92 Å². The first-order valence-electron chi connectivity index (χ1n) is 43.3. The number of halogens is 2. The summed E-state index contributed by atoms with van der Waals surface area (Å²) >= 11 is 11.5. The molecule has 0 aromatic carbocycles. The summed E-state index contributed by atoms with van der Waals surface area (Å²) in [5.41, 5.74) is 16.1. The fourth-order valence-electron chi connectivity index (χ4n) is 12.2. The van der Waals surface area contributed by atoms with Gasteiger partial charge in [-0.2, -0.15) is 0 Å². The third-order valence-corrected chi connectivity index (χ3v) is 25.6. The second-order valence-corrected chi connectivity index (χ2v) is 40.7. The van der Waals surface area contributed by atoms with Crippen LogP contribution in [0.25, 0.3) is 33.5 Å². The van der Waals surface area contributed by atoms with Crippen molar-refractivity contribution in [2.75, 3.05) is 75.9 Å². The van der Waals surface area contributed by atoms with E-state index in [1.54, 1.807) is 61.0 Å². The zero-order chi connectivity index (χ0) is 92.3. The van der Waals surface area contributed by atoms with E-state index in [1.165, 1.54) is 25.3 Å². The topological polar surface area (TPSA) is 604 Å². The highest BCUT2D eigenvalue weighted by Gasteiger charge is 2.60. The first-order chi connectivity index (χ1) is 59.1. The minimum atomic E-state index is -4.16. The van der Waals surface area contributed by atoms with Crippen molar-refractivity contribution in [3.63, 3.8) is 0 Å². The van der Waals surface area contributed by atoms with Crippen LogP contribution in [-0.2, 0) is 105 Å². The highest BCUT2D eigenvalue weighted by atomic mass is 35.5. The summed E-state index contributed by atoms with van der Waals surface area (Å²) in [4.78, 5) is 127. The van der Waals surface area contributed by atoms with Crippen LogP contribution in [0.5, 0.6) is 0 Å². The van der Waals surface area contributed by atoms with Gasteiger partial charge in [-0.25, -0.2) is 65.2 Å². The molecule has 6 aromatic heterocycles. The highest BCUT2D eigenvalue weighted by Crippen LogP contribution is 2.54. The van der Waals surface area contributed by atoms with Crippen LogP contribution in [0.2, 0.25) is 0 Å². The highest BCUT2D eigenvalue weighted by molar-refractivity contribution is 7.60. The van der Waals surface area contributed by atoms with Crippen LogP contribution >= 0.6 is 45.7 Å². The Balaban J connectivity index is 0.000000449. The molecule has 128 heavy (non-hydrogen) atoms. The van der Waals surface area contributed by atoms with E-state index in [9.17, 15) is 42.5 Å². The second-order valence-electron chi connectivity index (χ2n) is 33.1. The van der Waals surface area contributed by atoms with Gasteiger partial charge < -0.3 is 95.6 Å². The van der Waals surface area contributed by atoms with Crippen LogP contribution in [0.1, 0.15) is 257 Å². The molecular formula is C82H145Cl2N21O20P3+. The molecule has 4 aliphatic rings. The van der Waals surface area contributed by atoms with Crippen molar-refractivity contribution >= 4 is 132 Å². The van der Waals surface area contributed by atoms with Gasteiger partial charge in [0.1, 0.15) is 86.5 Å². The number of hydrogen-bond donors (Lipinski definition) is 11. The van der Waals surface area contributed by atoms with Gasteiger partial charge in [-0.05, 0) is 145 Å². The van der Waals surface area contributed by atoms with E-state index in [4.69, 9.17) is 92.8 Å². The molecule has 0 bridgehead atoms. The number of ether oxygens (including phenoxy) is 9. The van der Waals surface area contributed by atoms with Crippen LogP contribution in [0.4, 0.5) is 17.5 Å². The molecule has 18 N–H and O–H groups in total. The lowest BCUT2D eigenvalue weighted by molar-refractivity contribution is -0.150. The molecule has 0 amide bonds. The summed E-state index contributed by atoms with van der Waals surface area (Å²) in [6.07, 6.45) is 27.8. The number of nitrogens with two attached hydrogens (primary N) is 3.